The Labute approximate surface area is 122 Å². The van der Waals surface area contributed by atoms with Crippen molar-refractivity contribution >= 4 is 23.2 Å². The number of aryl methyl sites for hydroxylation is 1. The van der Waals surface area contributed by atoms with E-state index in [-0.39, 0.29) is 5.92 Å². The molecule has 0 bridgehead atoms. The molecule has 0 aliphatic rings. The monoisotopic (exact) mass is 298 g/mol. The van der Waals surface area contributed by atoms with Gasteiger partial charge in [0.25, 0.3) is 0 Å². The Morgan fingerprint density at radius 2 is 1.68 bits per heavy atom. The van der Waals surface area contributed by atoms with Crippen molar-refractivity contribution in [2.45, 2.75) is 40.5 Å². The zero-order valence-electron chi connectivity index (χ0n) is 11.6. The van der Waals surface area contributed by atoms with Gasteiger partial charge in [-0.25, -0.2) is 14.6 Å². The second kappa shape index (κ2) is 5.10. The number of aromatic nitrogens is 4. The smallest absolute Gasteiger partial charge is 0.161 e. The molecule has 0 fully saturated rings. The Morgan fingerprint density at radius 1 is 1.05 bits per heavy atom. The highest BCUT2D eigenvalue weighted by atomic mass is 35.5. The predicted octanol–water partition coefficient (Wildman–Crippen LogP) is 4.02. The summed E-state index contributed by atoms with van der Waals surface area (Å²) in [6, 6.07) is 0. The molecule has 0 saturated heterocycles. The first-order chi connectivity index (χ1) is 8.82. The van der Waals surface area contributed by atoms with Crippen LogP contribution < -0.4 is 0 Å². The van der Waals surface area contributed by atoms with E-state index in [2.05, 4.69) is 15.1 Å². The molecule has 2 heterocycles. The van der Waals surface area contributed by atoms with Crippen LogP contribution in [0.5, 0.6) is 0 Å². The lowest BCUT2D eigenvalue weighted by Crippen LogP contribution is -2.10. The minimum atomic E-state index is 0.198. The summed E-state index contributed by atoms with van der Waals surface area (Å²) in [4.78, 5) is 8.86. The first-order valence-electron chi connectivity index (χ1n) is 6.09. The molecule has 0 aliphatic heterocycles. The van der Waals surface area contributed by atoms with Gasteiger partial charge in [-0.1, -0.05) is 37.0 Å². The van der Waals surface area contributed by atoms with Crippen molar-refractivity contribution in [1.82, 2.24) is 19.7 Å². The van der Waals surface area contributed by atoms with Crippen molar-refractivity contribution in [2.24, 2.45) is 0 Å². The lowest BCUT2D eigenvalue weighted by molar-refractivity contribution is 0.729. The molecule has 0 unspecified atom stereocenters. The molecule has 102 valence electrons. The minimum absolute atomic E-state index is 0.198. The van der Waals surface area contributed by atoms with Gasteiger partial charge in [0.05, 0.1) is 16.4 Å². The van der Waals surface area contributed by atoms with Crippen LogP contribution in [0.3, 0.4) is 0 Å². The van der Waals surface area contributed by atoms with Crippen molar-refractivity contribution in [3.63, 3.8) is 0 Å². The highest BCUT2D eigenvalue weighted by molar-refractivity contribution is 6.32. The third kappa shape index (κ3) is 2.47. The van der Waals surface area contributed by atoms with E-state index in [1.807, 2.05) is 34.6 Å². The summed E-state index contributed by atoms with van der Waals surface area (Å²) in [5, 5.41) is 5.53. The van der Waals surface area contributed by atoms with Crippen molar-refractivity contribution in [3.05, 3.63) is 33.0 Å². The van der Waals surface area contributed by atoms with Gasteiger partial charge in [0.1, 0.15) is 11.0 Å². The van der Waals surface area contributed by atoms with Gasteiger partial charge in [-0.05, 0) is 20.8 Å². The molecule has 2 aromatic heterocycles. The van der Waals surface area contributed by atoms with Crippen molar-refractivity contribution in [1.29, 1.82) is 0 Å². The molecule has 0 aliphatic carbocycles. The van der Waals surface area contributed by atoms with Crippen molar-refractivity contribution in [2.75, 3.05) is 0 Å². The SMILES string of the molecule is Cc1nn(-c2nc(C(C)C)nc(Cl)c2C)c(C)c1Cl. The average molecular weight is 299 g/mol. The molecule has 2 aromatic rings. The summed E-state index contributed by atoms with van der Waals surface area (Å²) < 4.78 is 1.73. The molecule has 0 aromatic carbocycles. The van der Waals surface area contributed by atoms with E-state index in [1.54, 1.807) is 4.68 Å². The van der Waals surface area contributed by atoms with Crippen molar-refractivity contribution < 1.29 is 0 Å². The molecule has 0 N–H and O–H groups in total. The van der Waals surface area contributed by atoms with Gasteiger partial charge in [0.2, 0.25) is 0 Å². The van der Waals surface area contributed by atoms with Gasteiger partial charge in [-0.15, -0.1) is 0 Å². The molecule has 19 heavy (non-hydrogen) atoms. The maximum Gasteiger partial charge on any atom is 0.161 e. The standard InChI is InChI=1S/C13H16Cl2N4/c1-6(2)12-16-11(15)7(3)13(17-12)19-9(5)10(14)8(4)18-19/h6H,1-5H3. The van der Waals surface area contributed by atoms with Gasteiger partial charge in [-0.2, -0.15) is 5.10 Å². The fraction of sp³-hybridized carbons (Fsp3) is 0.462. The van der Waals surface area contributed by atoms with Crippen LogP contribution in [-0.2, 0) is 0 Å². The van der Waals surface area contributed by atoms with E-state index in [9.17, 15) is 0 Å². The van der Waals surface area contributed by atoms with Crippen LogP contribution in [0.15, 0.2) is 0 Å². The Morgan fingerprint density at radius 3 is 2.16 bits per heavy atom. The van der Waals surface area contributed by atoms with Gasteiger partial charge in [0, 0.05) is 11.5 Å². The van der Waals surface area contributed by atoms with E-state index in [0.717, 1.165) is 17.0 Å². The fourth-order valence-electron chi connectivity index (χ4n) is 1.79. The second-order valence-corrected chi connectivity index (χ2v) is 5.61. The number of hydrogen-bond donors (Lipinski definition) is 0. The van der Waals surface area contributed by atoms with E-state index in [1.165, 1.54) is 0 Å². The van der Waals surface area contributed by atoms with Crippen LogP contribution in [0.2, 0.25) is 10.2 Å². The minimum Gasteiger partial charge on any atom is -0.220 e. The quantitative estimate of drug-likeness (QED) is 0.787. The molecule has 6 heteroatoms. The normalized spacial score (nSPS) is 11.4. The summed E-state index contributed by atoms with van der Waals surface area (Å²) in [5.41, 5.74) is 2.43. The summed E-state index contributed by atoms with van der Waals surface area (Å²) in [5.74, 6) is 1.59. The van der Waals surface area contributed by atoms with Crippen LogP contribution in [0.4, 0.5) is 0 Å². The van der Waals surface area contributed by atoms with Gasteiger partial charge in [0.15, 0.2) is 5.82 Å². The number of hydrogen-bond acceptors (Lipinski definition) is 3. The Kier molecular flexibility index (Phi) is 3.83. The summed E-state index contributed by atoms with van der Waals surface area (Å²) >= 11 is 12.4. The average Bonchev–Trinajstić information content (AvgIpc) is 2.60. The maximum atomic E-state index is 6.19. The topological polar surface area (TPSA) is 43.6 Å². The highest BCUT2D eigenvalue weighted by Gasteiger charge is 2.17. The van der Waals surface area contributed by atoms with Gasteiger partial charge < -0.3 is 0 Å². The maximum absolute atomic E-state index is 6.19. The second-order valence-electron chi connectivity index (χ2n) is 4.87. The fourth-order valence-corrected chi connectivity index (χ4v) is 2.08. The van der Waals surface area contributed by atoms with Crippen LogP contribution in [0, 0.1) is 20.8 Å². The van der Waals surface area contributed by atoms with E-state index < -0.39 is 0 Å². The number of rotatable bonds is 2. The van der Waals surface area contributed by atoms with E-state index in [4.69, 9.17) is 23.2 Å². The predicted molar refractivity (Wildman–Crippen MR) is 77.5 cm³/mol. The first-order valence-corrected chi connectivity index (χ1v) is 6.84. The van der Waals surface area contributed by atoms with Crippen LogP contribution in [-0.4, -0.2) is 19.7 Å². The van der Waals surface area contributed by atoms with Gasteiger partial charge >= 0.3 is 0 Å². The van der Waals surface area contributed by atoms with Crippen LogP contribution >= 0.6 is 23.2 Å². The molecule has 0 saturated carbocycles. The third-order valence-corrected chi connectivity index (χ3v) is 3.91. The molecule has 4 nitrogen and oxygen atoms in total. The summed E-state index contributed by atoms with van der Waals surface area (Å²) in [6.07, 6.45) is 0. The zero-order chi connectivity index (χ0) is 14.3. The highest BCUT2D eigenvalue weighted by Crippen LogP contribution is 2.26. The van der Waals surface area contributed by atoms with Crippen LogP contribution in [0.1, 0.15) is 42.5 Å². The molecule has 0 spiro atoms. The number of halogens is 2. The molecular weight excluding hydrogens is 283 g/mol. The summed E-state index contributed by atoms with van der Waals surface area (Å²) in [6.45, 7) is 9.71. The lowest BCUT2D eigenvalue weighted by Gasteiger charge is -2.12. The first kappa shape index (κ1) is 14.3. The van der Waals surface area contributed by atoms with Gasteiger partial charge in [-0.3, -0.25) is 0 Å². The zero-order valence-corrected chi connectivity index (χ0v) is 13.1. The lowest BCUT2D eigenvalue weighted by atomic mass is 10.2. The molecule has 2 rings (SSSR count). The van der Waals surface area contributed by atoms with E-state index >= 15 is 0 Å². The third-order valence-electron chi connectivity index (χ3n) is 3.00. The van der Waals surface area contributed by atoms with Crippen molar-refractivity contribution in [3.8, 4) is 5.82 Å². The van der Waals surface area contributed by atoms with Crippen LogP contribution in [0.25, 0.3) is 5.82 Å². The number of nitrogens with zero attached hydrogens (tertiary/aromatic N) is 4. The summed E-state index contributed by atoms with van der Waals surface area (Å²) in [7, 11) is 0. The molecule has 0 amide bonds. The Hall–Kier alpha value is -1.13. The Balaban J connectivity index is 2.70. The molecular formula is C13H16Cl2N4. The van der Waals surface area contributed by atoms with E-state index in [0.29, 0.717) is 21.8 Å². The molecule has 0 radical (unpaired) electrons. The molecule has 0 atom stereocenters. The largest absolute Gasteiger partial charge is 0.220 e. The Bertz CT molecular complexity index is 632.